The fraction of sp³-hybridized carbons (Fsp3) is 0.750. The van der Waals surface area contributed by atoms with E-state index in [-0.39, 0.29) is 12.6 Å². The Morgan fingerprint density at radius 2 is 1.92 bits per heavy atom. The molecule has 0 aromatic rings. The third kappa shape index (κ3) is 15.1. The van der Waals surface area contributed by atoms with Gasteiger partial charge in [-0.05, 0) is 19.3 Å². The zero-order valence-electron chi connectivity index (χ0n) is 14.0. The molecule has 1 atom stereocenters. The van der Waals surface area contributed by atoms with Gasteiger partial charge in [0.2, 0.25) is 0 Å². The highest BCUT2D eigenvalue weighted by molar-refractivity contribution is 5.67. The molecule has 1 amide bonds. The van der Waals surface area contributed by atoms with Crippen molar-refractivity contribution >= 4 is 12.6 Å². The third-order valence-electron chi connectivity index (χ3n) is 2.93. The second kappa shape index (κ2) is 17.5. The van der Waals surface area contributed by atoms with Crippen LogP contribution in [0.1, 0.15) is 32.1 Å². The molecule has 1 unspecified atom stereocenters. The first-order valence-corrected chi connectivity index (χ1v) is 8.10. The Kier molecular flexibility index (Phi) is 16.2. The van der Waals surface area contributed by atoms with Gasteiger partial charge in [0.25, 0.3) is 6.47 Å². The number of ether oxygens (including phenoxy) is 3. The minimum Gasteiger partial charge on any atom is -0.483 e. The summed E-state index contributed by atoms with van der Waals surface area (Å²) in [5.41, 5.74) is 5.28. The number of nitrogens with two attached hydrogens (primary N) is 1. The molecular weight excluding hydrogens is 316 g/mol. The Hall–Kier alpha value is -1.82. The maximum absolute atomic E-state index is 11.6. The monoisotopic (exact) mass is 344 g/mol. The predicted molar refractivity (Wildman–Crippen MR) is 88.5 cm³/mol. The summed E-state index contributed by atoms with van der Waals surface area (Å²) in [4.78, 5) is 19.9. The molecule has 0 fully saturated rings. The lowest BCUT2D eigenvalue weighted by atomic mass is 10.1. The average molecular weight is 344 g/mol. The molecule has 0 radical (unpaired) electrons. The van der Waals surface area contributed by atoms with Crippen molar-refractivity contribution in [3.8, 4) is 11.8 Å². The number of alkyl carbamates (subject to hydrolysis) is 1. The predicted octanol–water partition coefficient (Wildman–Crippen LogP) is 0.741. The van der Waals surface area contributed by atoms with E-state index in [1.54, 1.807) is 0 Å². The van der Waals surface area contributed by atoms with Crippen LogP contribution in [0.2, 0.25) is 0 Å². The molecule has 138 valence electrons. The van der Waals surface area contributed by atoms with Crippen LogP contribution in [0, 0.1) is 11.8 Å². The van der Waals surface area contributed by atoms with Gasteiger partial charge in [0.15, 0.2) is 6.10 Å². The molecule has 1 rings (SSSR count). The highest BCUT2D eigenvalue weighted by atomic mass is 16.6. The third-order valence-corrected chi connectivity index (χ3v) is 2.93. The molecule has 8 nitrogen and oxygen atoms in total. The van der Waals surface area contributed by atoms with Gasteiger partial charge in [0, 0.05) is 19.5 Å². The summed E-state index contributed by atoms with van der Waals surface area (Å²) in [5.74, 6) is 6.03. The largest absolute Gasteiger partial charge is 0.483 e. The number of nitrogens with one attached hydrogen (secondary N) is 1. The smallest absolute Gasteiger partial charge is 0.408 e. The van der Waals surface area contributed by atoms with E-state index in [9.17, 15) is 4.79 Å². The van der Waals surface area contributed by atoms with Crippen LogP contribution < -0.4 is 11.1 Å². The zero-order chi connectivity index (χ0) is 17.9. The van der Waals surface area contributed by atoms with Gasteiger partial charge in [0.05, 0.1) is 26.4 Å². The van der Waals surface area contributed by atoms with Crippen LogP contribution in [0.15, 0.2) is 0 Å². The summed E-state index contributed by atoms with van der Waals surface area (Å²) in [6, 6.07) is 0. The summed E-state index contributed by atoms with van der Waals surface area (Å²) in [6.45, 7) is 2.64. The van der Waals surface area contributed by atoms with Crippen LogP contribution in [0.5, 0.6) is 0 Å². The van der Waals surface area contributed by atoms with Crippen molar-refractivity contribution in [3.63, 3.8) is 0 Å². The lowest BCUT2D eigenvalue weighted by Crippen LogP contribution is -2.31. The van der Waals surface area contributed by atoms with Crippen molar-refractivity contribution in [3.05, 3.63) is 0 Å². The summed E-state index contributed by atoms with van der Waals surface area (Å²) < 4.78 is 15.7. The van der Waals surface area contributed by atoms with Gasteiger partial charge in [-0.15, -0.1) is 0 Å². The first kappa shape index (κ1) is 22.2. The first-order valence-electron chi connectivity index (χ1n) is 8.10. The number of hydrogen-bond acceptors (Lipinski definition) is 6. The summed E-state index contributed by atoms with van der Waals surface area (Å²) in [6.07, 6.45) is 4.33. The van der Waals surface area contributed by atoms with Crippen LogP contribution in [-0.2, 0) is 19.0 Å². The van der Waals surface area contributed by atoms with Gasteiger partial charge < -0.3 is 30.4 Å². The summed E-state index contributed by atoms with van der Waals surface area (Å²) >= 11 is 0. The maximum atomic E-state index is 11.6. The fourth-order valence-electron chi connectivity index (χ4n) is 1.87. The average Bonchev–Trinajstić information content (AvgIpc) is 2.53. The minimum atomic E-state index is -0.433. The second-order valence-corrected chi connectivity index (χ2v) is 4.86. The Morgan fingerprint density at radius 1 is 1.21 bits per heavy atom. The molecule has 0 heterocycles. The van der Waals surface area contributed by atoms with Gasteiger partial charge in [-0.25, -0.2) is 4.79 Å². The van der Waals surface area contributed by atoms with Crippen LogP contribution in [-0.4, -0.2) is 63.3 Å². The van der Waals surface area contributed by atoms with Crippen LogP contribution in [0.25, 0.3) is 0 Å². The topological polar surface area (TPSA) is 120 Å². The number of carbonyl (C=O) groups excluding carboxylic acids is 1. The van der Waals surface area contributed by atoms with E-state index in [2.05, 4.69) is 17.2 Å². The van der Waals surface area contributed by atoms with E-state index in [1.807, 2.05) is 0 Å². The van der Waals surface area contributed by atoms with Crippen molar-refractivity contribution in [1.82, 2.24) is 5.32 Å². The molecule has 0 aromatic heterocycles. The second-order valence-electron chi connectivity index (χ2n) is 4.86. The molecule has 0 bridgehead atoms. The van der Waals surface area contributed by atoms with E-state index >= 15 is 0 Å². The fourth-order valence-corrected chi connectivity index (χ4v) is 1.87. The Bertz CT molecular complexity index is 380. The number of amides is 1. The highest BCUT2D eigenvalue weighted by Crippen LogP contribution is 2.10. The molecule has 24 heavy (non-hydrogen) atoms. The molecule has 0 saturated carbocycles. The molecular formula is C16H28N2O6. The number of carboxylic acid groups (broad SMARTS) is 1. The van der Waals surface area contributed by atoms with Crippen molar-refractivity contribution in [2.75, 3.05) is 39.5 Å². The van der Waals surface area contributed by atoms with Crippen molar-refractivity contribution in [2.45, 2.75) is 38.2 Å². The zero-order valence-corrected chi connectivity index (χ0v) is 14.0. The van der Waals surface area contributed by atoms with Crippen LogP contribution >= 0.6 is 0 Å². The summed E-state index contributed by atoms with van der Waals surface area (Å²) in [5, 5.41) is 9.54. The quantitative estimate of drug-likeness (QED) is 0.320. The molecule has 0 aliphatic heterocycles. The number of rotatable bonds is 9. The molecule has 0 aromatic carbocycles. The standard InChI is InChI=1S/C15H26N2O4.CH2O2/c16-8-10-19-12-13-20-11-9-17-15(18)21-14-6-4-2-1-3-5-7-14;2-1-3/h14H,1-4,6,8-13,16H2,(H,17,18);1H,(H,2,3). The molecule has 1 aliphatic carbocycles. The minimum absolute atomic E-state index is 0.250. The first-order chi connectivity index (χ1) is 11.7. The van der Waals surface area contributed by atoms with Crippen LogP contribution in [0.4, 0.5) is 4.79 Å². The molecule has 0 spiro atoms. The SMILES string of the molecule is NCCOCCOCCNC(=O)OC1C#CCCCCC1.O=CO. The van der Waals surface area contributed by atoms with E-state index in [0.29, 0.717) is 39.5 Å². The Balaban J connectivity index is 0.00000163. The Morgan fingerprint density at radius 3 is 2.62 bits per heavy atom. The van der Waals surface area contributed by atoms with Crippen molar-refractivity contribution < 1.29 is 28.9 Å². The number of hydrogen-bond donors (Lipinski definition) is 3. The highest BCUT2D eigenvalue weighted by Gasteiger charge is 2.12. The molecule has 1 aliphatic rings. The van der Waals surface area contributed by atoms with Gasteiger partial charge >= 0.3 is 6.09 Å². The van der Waals surface area contributed by atoms with Crippen LogP contribution in [0.3, 0.4) is 0 Å². The molecule has 0 saturated heterocycles. The Labute approximate surface area is 143 Å². The van der Waals surface area contributed by atoms with E-state index < -0.39 is 6.09 Å². The van der Waals surface area contributed by atoms with Gasteiger partial charge in [-0.1, -0.05) is 18.3 Å². The van der Waals surface area contributed by atoms with Crippen molar-refractivity contribution in [2.24, 2.45) is 5.73 Å². The lowest BCUT2D eigenvalue weighted by Gasteiger charge is -2.14. The molecule has 8 heteroatoms. The normalized spacial score (nSPS) is 16.3. The van der Waals surface area contributed by atoms with Gasteiger partial charge in [-0.2, -0.15) is 0 Å². The number of carbonyl (C=O) groups is 2. The van der Waals surface area contributed by atoms with Gasteiger partial charge in [0.1, 0.15) is 0 Å². The summed E-state index contributed by atoms with van der Waals surface area (Å²) in [7, 11) is 0. The van der Waals surface area contributed by atoms with E-state index in [4.69, 9.17) is 29.8 Å². The maximum Gasteiger partial charge on any atom is 0.408 e. The molecule has 4 N–H and O–H groups in total. The van der Waals surface area contributed by atoms with Gasteiger partial charge in [-0.3, -0.25) is 4.79 Å². The van der Waals surface area contributed by atoms with E-state index in [0.717, 1.165) is 32.1 Å². The lowest BCUT2D eigenvalue weighted by molar-refractivity contribution is -0.122. The van der Waals surface area contributed by atoms with Crippen molar-refractivity contribution in [1.29, 1.82) is 0 Å². The van der Waals surface area contributed by atoms with E-state index in [1.165, 1.54) is 0 Å².